The molecular formula is C8H13N5O2. The van der Waals surface area contributed by atoms with Crippen LogP contribution in [0.25, 0.3) is 0 Å². The van der Waals surface area contributed by atoms with Gasteiger partial charge in [0.25, 0.3) is 5.91 Å². The molecule has 0 bridgehead atoms. The fourth-order valence-corrected chi connectivity index (χ4v) is 0.905. The molecule has 0 radical (unpaired) electrons. The molecule has 0 aliphatic rings. The third kappa shape index (κ3) is 2.76. The molecule has 0 aromatic carbocycles. The zero-order valence-electron chi connectivity index (χ0n) is 8.89. The van der Waals surface area contributed by atoms with Crippen molar-refractivity contribution in [3.8, 4) is 0 Å². The van der Waals surface area contributed by atoms with E-state index < -0.39 is 0 Å². The lowest BCUT2D eigenvalue weighted by molar-refractivity contribution is -0.129. The largest absolute Gasteiger partial charge is 0.347 e. The van der Waals surface area contributed by atoms with Crippen molar-refractivity contribution < 1.29 is 9.59 Å². The monoisotopic (exact) mass is 211 g/mol. The van der Waals surface area contributed by atoms with Crippen molar-refractivity contribution in [2.24, 2.45) is 0 Å². The lowest BCUT2D eigenvalue weighted by Gasteiger charge is -2.17. The van der Waals surface area contributed by atoms with Gasteiger partial charge in [-0.2, -0.15) is 5.10 Å². The first-order valence-electron chi connectivity index (χ1n) is 4.33. The summed E-state index contributed by atoms with van der Waals surface area (Å²) in [6, 6.07) is 0. The summed E-state index contributed by atoms with van der Waals surface area (Å²) in [7, 11) is 4.80. The summed E-state index contributed by atoms with van der Waals surface area (Å²) < 4.78 is 0. The normalized spacial score (nSPS) is 9.80. The summed E-state index contributed by atoms with van der Waals surface area (Å²) in [5, 5.41) is 6.00. The summed E-state index contributed by atoms with van der Waals surface area (Å²) in [6.07, 6.45) is 1.24. The van der Waals surface area contributed by atoms with Crippen LogP contribution in [0, 0.1) is 0 Å². The van der Waals surface area contributed by atoms with Crippen LogP contribution in [-0.4, -0.2) is 64.5 Å². The van der Waals surface area contributed by atoms with Crippen LogP contribution in [0.5, 0.6) is 0 Å². The van der Waals surface area contributed by atoms with Gasteiger partial charge < -0.3 is 9.80 Å². The number of hydrogen-bond donors (Lipinski definition) is 1. The number of rotatable bonds is 3. The highest BCUT2D eigenvalue weighted by molar-refractivity contribution is 5.93. The number of likely N-dealkylation sites (N-methyl/N-ethyl adjacent to an activating group) is 2. The highest BCUT2D eigenvalue weighted by Crippen LogP contribution is 1.95. The Hall–Kier alpha value is -1.92. The van der Waals surface area contributed by atoms with Crippen LogP contribution in [0.4, 0.5) is 0 Å². The Balaban J connectivity index is 2.58. The average molecular weight is 211 g/mol. The summed E-state index contributed by atoms with van der Waals surface area (Å²) in [5.41, 5.74) is 0. The van der Waals surface area contributed by atoms with Crippen molar-refractivity contribution in [1.82, 2.24) is 25.0 Å². The van der Waals surface area contributed by atoms with Crippen LogP contribution >= 0.6 is 0 Å². The first-order valence-corrected chi connectivity index (χ1v) is 4.33. The molecule has 82 valence electrons. The number of carbonyl (C=O) groups excluding carboxylic acids is 2. The SMILES string of the molecule is CN(C)C(=O)CN(C)C(=O)c1ncn[nH]1. The Morgan fingerprint density at radius 1 is 1.40 bits per heavy atom. The molecule has 0 aliphatic carbocycles. The molecule has 1 rings (SSSR count). The maximum atomic E-state index is 11.6. The van der Waals surface area contributed by atoms with Crippen LogP contribution in [-0.2, 0) is 4.79 Å². The quantitative estimate of drug-likeness (QED) is 0.692. The molecule has 0 unspecified atom stereocenters. The predicted molar refractivity (Wildman–Crippen MR) is 52.0 cm³/mol. The van der Waals surface area contributed by atoms with Gasteiger partial charge >= 0.3 is 0 Å². The fourth-order valence-electron chi connectivity index (χ4n) is 0.905. The van der Waals surface area contributed by atoms with Crippen molar-refractivity contribution >= 4 is 11.8 Å². The molecule has 1 N–H and O–H groups in total. The van der Waals surface area contributed by atoms with Gasteiger partial charge in [-0.3, -0.25) is 14.7 Å². The van der Waals surface area contributed by atoms with Gasteiger partial charge in [0.15, 0.2) is 0 Å². The van der Waals surface area contributed by atoms with E-state index in [1.54, 1.807) is 14.1 Å². The van der Waals surface area contributed by atoms with E-state index in [0.717, 1.165) is 0 Å². The van der Waals surface area contributed by atoms with Crippen molar-refractivity contribution in [2.75, 3.05) is 27.7 Å². The topological polar surface area (TPSA) is 82.2 Å². The lowest BCUT2D eigenvalue weighted by Crippen LogP contribution is -2.38. The zero-order valence-corrected chi connectivity index (χ0v) is 8.89. The van der Waals surface area contributed by atoms with Crippen LogP contribution in [0.2, 0.25) is 0 Å². The van der Waals surface area contributed by atoms with E-state index >= 15 is 0 Å². The van der Waals surface area contributed by atoms with Crippen molar-refractivity contribution in [2.45, 2.75) is 0 Å². The fraction of sp³-hybridized carbons (Fsp3) is 0.500. The minimum atomic E-state index is -0.359. The second-order valence-corrected chi connectivity index (χ2v) is 3.28. The molecule has 0 fully saturated rings. The van der Waals surface area contributed by atoms with E-state index in [-0.39, 0.29) is 24.2 Å². The third-order valence-corrected chi connectivity index (χ3v) is 1.84. The molecule has 0 aliphatic heterocycles. The van der Waals surface area contributed by atoms with Crippen LogP contribution in [0.3, 0.4) is 0 Å². The van der Waals surface area contributed by atoms with Crippen LogP contribution in [0.15, 0.2) is 6.33 Å². The number of amides is 2. The molecule has 1 aromatic heterocycles. The van der Waals surface area contributed by atoms with Crippen molar-refractivity contribution in [3.05, 3.63) is 12.2 Å². The van der Waals surface area contributed by atoms with Gasteiger partial charge in [0, 0.05) is 21.1 Å². The summed E-state index contributed by atoms with van der Waals surface area (Å²) in [5.74, 6) is -0.378. The molecular weight excluding hydrogens is 198 g/mol. The summed E-state index contributed by atoms with van der Waals surface area (Å²) in [6.45, 7) is 0.0204. The van der Waals surface area contributed by atoms with Crippen molar-refractivity contribution in [3.63, 3.8) is 0 Å². The number of aromatic nitrogens is 3. The number of carbonyl (C=O) groups is 2. The molecule has 1 heterocycles. The van der Waals surface area contributed by atoms with E-state index in [2.05, 4.69) is 15.2 Å². The first kappa shape index (κ1) is 11.2. The number of H-pyrrole nitrogens is 1. The predicted octanol–water partition coefficient (Wildman–Crippen LogP) is -1.04. The first-order chi connectivity index (χ1) is 7.02. The number of nitrogens with one attached hydrogen (secondary N) is 1. The Morgan fingerprint density at radius 3 is 2.53 bits per heavy atom. The second-order valence-electron chi connectivity index (χ2n) is 3.28. The van der Waals surface area contributed by atoms with Crippen LogP contribution < -0.4 is 0 Å². The van der Waals surface area contributed by atoms with E-state index in [1.807, 2.05) is 0 Å². The van der Waals surface area contributed by atoms with E-state index in [9.17, 15) is 9.59 Å². The minimum Gasteiger partial charge on any atom is -0.347 e. The van der Waals surface area contributed by atoms with Gasteiger partial charge in [0.05, 0.1) is 6.54 Å². The Kier molecular flexibility index (Phi) is 3.37. The molecule has 0 saturated carbocycles. The Morgan fingerprint density at radius 2 is 2.07 bits per heavy atom. The number of aromatic amines is 1. The van der Waals surface area contributed by atoms with E-state index in [4.69, 9.17) is 0 Å². The Labute approximate surface area is 87.1 Å². The summed E-state index contributed by atoms with van der Waals surface area (Å²) in [4.78, 5) is 29.3. The molecule has 15 heavy (non-hydrogen) atoms. The van der Waals surface area contributed by atoms with Gasteiger partial charge in [-0.05, 0) is 0 Å². The highest BCUT2D eigenvalue weighted by Gasteiger charge is 2.17. The molecule has 0 spiro atoms. The summed E-state index contributed by atoms with van der Waals surface area (Å²) >= 11 is 0. The molecule has 1 aromatic rings. The van der Waals surface area contributed by atoms with E-state index in [0.29, 0.717) is 0 Å². The zero-order chi connectivity index (χ0) is 11.4. The smallest absolute Gasteiger partial charge is 0.291 e. The third-order valence-electron chi connectivity index (χ3n) is 1.84. The molecule has 2 amide bonds. The molecule has 7 heteroatoms. The van der Waals surface area contributed by atoms with Gasteiger partial charge in [-0.1, -0.05) is 0 Å². The number of nitrogens with zero attached hydrogens (tertiary/aromatic N) is 4. The van der Waals surface area contributed by atoms with Gasteiger partial charge in [0.1, 0.15) is 6.33 Å². The Bertz CT molecular complexity index is 346. The molecule has 7 nitrogen and oxygen atoms in total. The van der Waals surface area contributed by atoms with Gasteiger partial charge in [-0.25, -0.2) is 4.98 Å². The molecule has 0 saturated heterocycles. The van der Waals surface area contributed by atoms with Crippen molar-refractivity contribution in [1.29, 1.82) is 0 Å². The van der Waals surface area contributed by atoms with Gasteiger partial charge in [-0.15, -0.1) is 0 Å². The standard InChI is InChI=1S/C8H13N5O2/c1-12(2)6(14)4-13(3)8(15)7-9-5-10-11-7/h5H,4H2,1-3H3,(H,9,10,11). The van der Waals surface area contributed by atoms with Crippen LogP contribution in [0.1, 0.15) is 10.6 Å². The maximum absolute atomic E-state index is 11.6. The molecule has 0 atom stereocenters. The lowest BCUT2D eigenvalue weighted by atomic mass is 10.4. The minimum absolute atomic E-state index is 0.0204. The number of hydrogen-bond acceptors (Lipinski definition) is 4. The average Bonchev–Trinajstić information content (AvgIpc) is 2.68. The van der Waals surface area contributed by atoms with Gasteiger partial charge in [0.2, 0.25) is 11.7 Å². The highest BCUT2D eigenvalue weighted by atomic mass is 16.2. The maximum Gasteiger partial charge on any atom is 0.291 e. The van der Waals surface area contributed by atoms with E-state index in [1.165, 1.54) is 23.2 Å². The second kappa shape index (κ2) is 4.54.